The van der Waals surface area contributed by atoms with Crippen LogP contribution in [0.2, 0.25) is 0 Å². The number of hydrogen-bond acceptors (Lipinski definition) is 1. The van der Waals surface area contributed by atoms with E-state index in [1.54, 1.807) is 0 Å². The number of aliphatic imine (C=N–C) groups is 1. The fourth-order valence-electron chi connectivity index (χ4n) is 0.141. The average molecular weight is 140 g/mol. The maximum atomic E-state index is 11.1. The van der Waals surface area contributed by atoms with Crippen molar-refractivity contribution in [2.45, 2.75) is 6.18 Å². The fourth-order valence-corrected chi connectivity index (χ4v) is 0.141. The van der Waals surface area contributed by atoms with E-state index in [-0.39, 0.29) is 0 Å². The van der Waals surface area contributed by atoms with Crippen LogP contribution >= 0.6 is 0 Å². The van der Waals surface area contributed by atoms with Crippen LogP contribution in [0.4, 0.5) is 13.2 Å². The number of nitrogens with zero attached hydrogens (tertiary/aromatic N) is 1. The third-order valence-corrected chi connectivity index (χ3v) is 0.434. The van der Waals surface area contributed by atoms with Crippen molar-refractivity contribution in [1.82, 2.24) is 0 Å². The highest BCUT2D eigenvalue weighted by Crippen LogP contribution is 2.15. The van der Waals surface area contributed by atoms with Crippen molar-refractivity contribution in [3.8, 4) is 0 Å². The summed E-state index contributed by atoms with van der Waals surface area (Å²) in [4.78, 5) is 11.9. The normalized spacial score (nSPS) is 12.3. The monoisotopic (exact) mass is 140 g/mol. The maximum absolute atomic E-state index is 11.1. The lowest BCUT2D eigenvalue weighted by Gasteiger charge is -1.96. The van der Waals surface area contributed by atoms with Gasteiger partial charge < -0.3 is 5.73 Å². The number of alkyl halides is 3. The fraction of sp³-hybridized carbons (Fsp3) is 0.333. The van der Waals surface area contributed by atoms with Crippen LogP contribution in [0, 0.1) is 0 Å². The number of amides is 1. The van der Waals surface area contributed by atoms with Crippen LogP contribution < -0.4 is 5.73 Å². The summed E-state index contributed by atoms with van der Waals surface area (Å²) in [5.74, 6) is -2.19. The molecule has 0 aliphatic rings. The highest BCUT2D eigenvalue weighted by molar-refractivity contribution is 5.88. The van der Waals surface area contributed by atoms with Crippen LogP contribution in [0.3, 0.4) is 0 Å². The second-order valence-electron chi connectivity index (χ2n) is 1.08. The molecule has 2 N–H and O–H groups in total. The van der Waals surface area contributed by atoms with Gasteiger partial charge in [0.2, 0.25) is 0 Å². The van der Waals surface area contributed by atoms with E-state index in [0.717, 1.165) is 0 Å². The summed E-state index contributed by atoms with van der Waals surface area (Å²) >= 11 is 0. The third kappa shape index (κ3) is 2.68. The van der Waals surface area contributed by atoms with Crippen LogP contribution in [0.1, 0.15) is 0 Å². The first-order valence-corrected chi connectivity index (χ1v) is 1.84. The van der Waals surface area contributed by atoms with Gasteiger partial charge in [0.15, 0.2) is 0 Å². The zero-order valence-electron chi connectivity index (χ0n) is 4.14. The number of carbonyl (C=O) groups excluding carboxylic acids is 1. The molecule has 0 rings (SSSR count). The van der Waals surface area contributed by atoms with Crippen molar-refractivity contribution in [3.63, 3.8) is 0 Å². The molecule has 0 aromatic rings. The molecule has 0 unspecified atom stereocenters. The molecule has 0 heterocycles. The highest BCUT2D eigenvalue weighted by atomic mass is 19.4. The van der Waals surface area contributed by atoms with E-state index >= 15 is 0 Å². The molecule has 0 saturated carbocycles. The molecule has 0 aromatic heterocycles. The molecular formula is C3H3F3N2O. The zero-order valence-corrected chi connectivity index (χ0v) is 4.14. The van der Waals surface area contributed by atoms with Crippen LogP contribution in [-0.2, 0) is 4.79 Å². The van der Waals surface area contributed by atoms with Gasteiger partial charge in [-0.1, -0.05) is 0 Å². The Balaban J connectivity index is 4.06. The zero-order chi connectivity index (χ0) is 7.49. The topological polar surface area (TPSA) is 55.4 Å². The minimum atomic E-state index is -4.91. The van der Waals surface area contributed by atoms with Gasteiger partial charge in [-0.05, 0) is 0 Å². The van der Waals surface area contributed by atoms with Crippen molar-refractivity contribution < 1.29 is 18.0 Å². The van der Waals surface area contributed by atoms with E-state index in [1.165, 1.54) is 0 Å². The van der Waals surface area contributed by atoms with E-state index in [1.807, 2.05) is 0 Å². The minimum absolute atomic E-state index is 0.301. The van der Waals surface area contributed by atoms with Gasteiger partial charge in [-0.3, -0.25) is 4.79 Å². The number of nitrogens with two attached hydrogens (primary N) is 1. The minimum Gasteiger partial charge on any atom is -0.390 e. The lowest BCUT2D eigenvalue weighted by molar-refractivity contribution is -0.169. The third-order valence-electron chi connectivity index (χ3n) is 0.434. The van der Waals surface area contributed by atoms with Crippen LogP contribution in [0.25, 0.3) is 0 Å². The summed E-state index contributed by atoms with van der Waals surface area (Å²) in [6.45, 7) is 0. The van der Waals surface area contributed by atoms with Gasteiger partial charge >= 0.3 is 12.1 Å². The van der Waals surface area contributed by atoms with Gasteiger partial charge in [-0.2, -0.15) is 18.2 Å². The van der Waals surface area contributed by atoms with Crippen molar-refractivity contribution in [2.75, 3.05) is 0 Å². The summed E-state index contributed by atoms with van der Waals surface area (Å²) in [5.41, 5.74) is 4.41. The Morgan fingerprint density at radius 1 is 1.56 bits per heavy atom. The van der Waals surface area contributed by atoms with E-state index < -0.39 is 12.1 Å². The average Bonchev–Trinajstić information content (AvgIpc) is 1.64. The number of hydrogen-bond donors (Lipinski definition) is 1. The van der Waals surface area contributed by atoms with Gasteiger partial charge in [0.05, 0.1) is 6.34 Å². The molecule has 6 heteroatoms. The summed E-state index contributed by atoms with van der Waals surface area (Å²) in [7, 11) is 0. The quantitative estimate of drug-likeness (QED) is 0.382. The Bertz CT molecular complexity index is 138. The Morgan fingerprint density at radius 2 is 2.00 bits per heavy atom. The van der Waals surface area contributed by atoms with E-state index in [2.05, 4.69) is 10.7 Å². The molecule has 3 nitrogen and oxygen atoms in total. The molecular weight excluding hydrogens is 137 g/mol. The number of halogens is 3. The molecule has 1 amide bonds. The molecule has 0 radical (unpaired) electrons. The van der Waals surface area contributed by atoms with Crippen molar-refractivity contribution in [2.24, 2.45) is 10.7 Å². The molecule has 0 fully saturated rings. The van der Waals surface area contributed by atoms with Crippen molar-refractivity contribution >= 4 is 12.2 Å². The summed E-state index contributed by atoms with van der Waals surface area (Å²) in [6.07, 6.45) is -4.61. The second-order valence-corrected chi connectivity index (χ2v) is 1.08. The van der Waals surface area contributed by atoms with Gasteiger partial charge in [-0.25, -0.2) is 0 Å². The van der Waals surface area contributed by atoms with E-state index in [0.29, 0.717) is 6.34 Å². The second kappa shape index (κ2) is 2.47. The van der Waals surface area contributed by atoms with E-state index in [9.17, 15) is 18.0 Å². The number of rotatable bonds is 0. The molecule has 0 saturated heterocycles. The summed E-state index contributed by atoms with van der Waals surface area (Å²) in [5, 5.41) is 0. The molecule has 0 aliphatic carbocycles. The summed E-state index contributed by atoms with van der Waals surface area (Å²) < 4.78 is 33.4. The Hall–Kier alpha value is -1.07. The predicted octanol–water partition coefficient (Wildman–Crippen LogP) is 0.0623. The number of carbonyl (C=O) groups is 1. The molecule has 52 valence electrons. The molecule has 0 atom stereocenters. The highest BCUT2D eigenvalue weighted by Gasteiger charge is 2.38. The molecule has 0 bridgehead atoms. The molecule has 9 heavy (non-hydrogen) atoms. The van der Waals surface area contributed by atoms with Crippen molar-refractivity contribution in [3.05, 3.63) is 0 Å². The standard InChI is InChI=1S/C3H3F3N2O/c4-3(5,6)2(9)8-1-7/h1H,(H2,7,8,9). The van der Waals surface area contributed by atoms with E-state index in [4.69, 9.17) is 0 Å². The lowest BCUT2D eigenvalue weighted by Crippen LogP contribution is -2.20. The van der Waals surface area contributed by atoms with Crippen LogP contribution in [-0.4, -0.2) is 18.4 Å². The van der Waals surface area contributed by atoms with Gasteiger partial charge in [0.25, 0.3) is 0 Å². The maximum Gasteiger partial charge on any atom is 0.473 e. The van der Waals surface area contributed by atoms with Gasteiger partial charge in [-0.15, -0.1) is 0 Å². The molecule has 0 aliphatic heterocycles. The smallest absolute Gasteiger partial charge is 0.390 e. The largest absolute Gasteiger partial charge is 0.473 e. The Labute approximate surface area is 48.4 Å². The molecule has 0 spiro atoms. The van der Waals surface area contributed by atoms with Gasteiger partial charge in [0, 0.05) is 0 Å². The Morgan fingerprint density at radius 3 is 2.11 bits per heavy atom. The lowest BCUT2D eigenvalue weighted by atomic mass is 10.6. The van der Waals surface area contributed by atoms with Crippen molar-refractivity contribution in [1.29, 1.82) is 0 Å². The van der Waals surface area contributed by atoms with Crippen LogP contribution in [0.5, 0.6) is 0 Å². The SMILES string of the molecule is NC=NC(=O)C(F)(F)F. The first-order chi connectivity index (χ1) is 3.98. The summed E-state index contributed by atoms with van der Waals surface area (Å²) in [6, 6.07) is 0. The van der Waals surface area contributed by atoms with Crippen LogP contribution in [0.15, 0.2) is 4.99 Å². The predicted molar refractivity (Wildman–Crippen MR) is 23.7 cm³/mol. The van der Waals surface area contributed by atoms with Gasteiger partial charge in [0.1, 0.15) is 0 Å². The Kier molecular flexibility index (Phi) is 2.18. The first kappa shape index (κ1) is 7.93. The molecule has 0 aromatic carbocycles. The first-order valence-electron chi connectivity index (χ1n) is 1.84.